The van der Waals surface area contributed by atoms with E-state index in [4.69, 9.17) is 10.00 Å². The molecule has 5 heteroatoms. The van der Waals surface area contributed by atoms with E-state index < -0.39 is 11.7 Å². The highest BCUT2D eigenvalue weighted by molar-refractivity contribution is 5.87. The smallest absolute Gasteiger partial charge is 0.429 e. The summed E-state index contributed by atoms with van der Waals surface area (Å²) >= 11 is 0. The largest absolute Gasteiger partial charge is 0.442 e. The molecule has 0 aliphatic carbocycles. The van der Waals surface area contributed by atoms with Crippen LogP contribution in [0, 0.1) is 11.3 Å². The predicted molar refractivity (Wildman–Crippen MR) is 78.2 cm³/mol. The van der Waals surface area contributed by atoms with Crippen molar-refractivity contribution in [2.24, 2.45) is 0 Å². The lowest BCUT2D eigenvalue weighted by atomic mass is 10.2. The summed E-state index contributed by atoms with van der Waals surface area (Å²) in [7, 11) is 0. The number of benzene rings is 1. The third-order valence-electron chi connectivity index (χ3n) is 2.33. The van der Waals surface area contributed by atoms with E-state index in [9.17, 15) is 4.79 Å². The average Bonchev–Trinajstić information content (AvgIpc) is 2.37. The van der Waals surface area contributed by atoms with Gasteiger partial charge >= 0.3 is 6.09 Å². The molecule has 0 aliphatic rings. The van der Waals surface area contributed by atoms with Gasteiger partial charge in [-0.3, -0.25) is 0 Å². The number of hydrazine groups is 1. The Morgan fingerprint density at radius 3 is 2.70 bits per heavy atom. The van der Waals surface area contributed by atoms with Gasteiger partial charge in [-0.25, -0.2) is 15.2 Å². The average molecular weight is 275 g/mol. The van der Waals surface area contributed by atoms with Gasteiger partial charge in [-0.2, -0.15) is 5.26 Å². The van der Waals surface area contributed by atoms with E-state index in [1.165, 1.54) is 5.01 Å². The first kappa shape index (κ1) is 16.0. The van der Waals surface area contributed by atoms with Crippen molar-refractivity contribution in [3.8, 4) is 6.07 Å². The van der Waals surface area contributed by atoms with Crippen LogP contribution >= 0.6 is 0 Å². The van der Waals surface area contributed by atoms with Gasteiger partial charge < -0.3 is 4.74 Å². The van der Waals surface area contributed by atoms with Crippen molar-refractivity contribution in [2.75, 3.05) is 11.6 Å². The Bertz CT molecular complexity index is 501. The molecule has 5 nitrogen and oxygen atoms in total. The fraction of sp³-hybridized carbons (Fsp3) is 0.467. The van der Waals surface area contributed by atoms with Gasteiger partial charge in [-0.1, -0.05) is 13.0 Å². The molecule has 1 aromatic rings. The molecule has 1 amide bonds. The Hall–Kier alpha value is -2.06. The second-order valence-corrected chi connectivity index (χ2v) is 5.39. The summed E-state index contributed by atoms with van der Waals surface area (Å²) in [5.41, 5.74) is 3.52. The maximum Gasteiger partial charge on any atom is 0.429 e. The third-order valence-corrected chi connectivity index (χ3v) is 2.33. The second-order valence-electron chi connectivity index (χ2n) is 5.39. The van der Waals surface area contributed by atoms with Crippen molar-refractivity contribution in [1.82, 2.24) is 5.43 Å². The molecule has 0 heterocycles. The van der Waals surface area contributed by atoms with Crippen LogP contribution < -0.4 is 10.4 Å². The normalized spacial score (nSPS) is 10.8. The van der Waals surface area contributed by atoms with Crippen LogP contribution in [0.4, 0.5) is 10.5 Å². The number of carbonyl (C=O) groups is 1. The monoisotopic (exact) mass is 275 g/mol. The van der Waals surface area contributed by atoms with Gasteiger partial charge in [0.15, 0.2) is 0 Å². The van der Waals surface area contributed by atoms with E-state index in [-0.39, 0.29) is 0 Å². The van der Waals surface area contributed by atoms with Crippen LogP contribution in [-0.2, 0) is 4.74 Å². The number of ether oxygens (including phenoxy) is 1. The summed E-state index contributed by atoms with van der Waals surface area (Å²) in [5, 5.41) is 10.3. The lowest BCUT2D eigenvalue weighted by Gasteiger charge is -2.27. The number of nitriles is 1. The predicted octanol–water partition coefficient (Wildman–Crippen LogP) is 3.21. The van der Waals surface area contributed by atoms with Crippen LogP contribution in [0.15, 0.2) is 24.3 Å². The number of anilines is 1. The molecule has 0 aliphatic heterocycles. The van der Waals surface area contributed by atoms with E-state index in [2.05, 4.69) is 11.5 Å². The van der Waals surface area contributed by atoms with Crippen LogP contribution in [0.2, 0.25) is 0 Å². The number of hydrogen-bond acceptors (Lipinski definition) is 4. The van der Waals surface area contributed by atoms with Gasteiger partial charge in [0.2, 0.25) is 0 Å². The lowest BCUT2D eigenvalue weighted by molar-refractivity contribution is 0.0561. The number of hydrogen-bond donors (Lipinski definition) is 1. The molecule has 0 saturated carbocycles. The minimum atomic E-state index is -0.573. The summed E-state index contributed by atoms with van der Waals surface area (Å²) in [6, 6.07) is 8.89. The maximum atomic E-state index is 12.2. The Morgan fingerprint density at radius 2 is 2.15 bits per heavy atom. The highest BCUT2D eigenvalue weighted by atomic mass is 16.6. The zero-order valence-electron chi connectivity index (χ0n) is 12.4. The molecule has 1 aromatic carbocycles. The second kappa shape index (κ2) is 6.92. The van der Waals surface area contributed by atoms with E-state index in [0.29, 0.717) is 17.8 Å². The maximum absolute atomic E-state index is 12.2. The molecule has 108 valence electrons. The fourth-order valence-corrected chi connectivity index (χ4v) is 1.51. The van der Waals surface area contributed by atoms with Crippen molar-refractivity contribution >= 4 is 11.8 Å². The van der Waals surface area contributed by atoms with Gasteiger partial charge in [0.1, 0.15) is 5.60 Å². The summed E-state index contributed by atoms with van der Waals surface area (Å²) in [6.07, 6.45) is 0.387. The van der Waals surface area contributed by atoms with E-state index >= 15 is 0 Å². The Kier molecular flexibility index (Phi) is 5.53. The van der Waals surface area contributed by atoms with Crippen molar-refractivity contribution in [3.05, 3.63) is 29.8 Å². The zero-order chi connectivity index (χ0) is 15.2. The highest BCUT2D eigenvalue weighted by Crippen LogP contribution is 2.18. The molecule has 0 saturated heterocycles. The highest BCUT2D eigenvalue weighted by Gasteiger charge is 2.23. The van der Waals surface area contributed by atoms with Crippen LogP contribution in [-0.4, -0.2) is 18.2 Å². The number of nitrogens with zero attached hydrogens (tertiary/aromatic N) is 2. The first-order chi connectivity index (χ1) is 9.37. The molecule has 0 spiro atoms. The van der Waals surface area contributed by atoms with Crippen molar-refractivity contribution in [3.63, 3.8) is 0 Å². The topological polar surface area (TPSA) is 65.4 Å². The molecule has 0 atom stereocenters. The van der Waals surface area contributed by atoms with Crippen molar-refractivity contribution in [1.29, 1.82) is 5.26 Å². The SMILES string of the molecule is CCCNN(C(=O)OC(C)(C)C)c1cccc(C#N)c1. The van der Waals surface area contributed by atoms with Crippen molar-refractivity contribution < 1.29 is 9.53 Å². The molecule has 0 aromatic heterocycles. The number of carbonyl (C=O) groups excluding carboxylic acids is 1. The first-order valence-electron chi connectivity index (χ1n) is 6.64. The number of nitrogens with one attached hydrogen (secondary N) is 1. The number of amides is 1. The molecule has 0 unspecified atom stereocenters. The Morgan fingerprint density at radius 1 is 1.45 bits per heavy atom. The zero-order valence-corrected chi connectivity index (χ0v) is 12.4. The van der Waals surface area contributed by atoms with E-state index in [0.717, 1.165) is 6.42 Å². The Balaban J connectivity index is 2.99. The lowest BCUT2D eigenvalue weighted by Crippen LogP contribution is -2.46. The molecular formula is C15H21N3O2. The Labute approximate surface area is 120 Å². The molecule has 20 heavy (non-hydrogen) atoms. The van der Waals surface area contributed by atoms with Crippen LogP contribution in [0.5, 0.6) is 0 Å². The van der Waals surface area contributed by atoms with Crippen LogP contribution in [0.25, 0.3) is 0 Å². The minimum absolute atomic E-state index is 0.485. The third kappa shape index (κ3) is 4.90. The molecular weight excluding hydrogens is 254 g/mol. The number of rotatable bonds is 4. The van der Waals surface area contributed by atoms with Crippen LogP contribution in [0.1, 0.15) is 39.7 Å². The molecule has 0 radical (unpaired) electrons. The fourth-order valence-electron chi connectivity index (χ4n) is 1.51. The summed E-state index contributed by atoms with van der Waals surface area (Å²) in [4.78, 5) is 12.2. The quantitative estimate of drug-likeness (QED) is 0.857. The summed E-state index contributed by atoms with van der Waals surface area (Å²) in [6.45, 7) is 8.08. The van der Waals surface area contributed by atoms with E-state index in [1.54, 1.807) is 24.3 Å². The van der Waals surface area contributed by atoms with Crippen molar-refractivity contribution in [2.45, 2.75) is 39.7 Å². The standard InChI is InChI=1S/C15H21N3O2/c1-5-9-17-18(14(19)20-15(2,3)4)13-8-6-7-12(10-13)11-16/h6-8,10,17H,5,9H2,1-4H3. The molecule has 0 fully saturated rings. The van der Waals surface area contributed by atoms with Crippen LogP contribution in [0.3, 0.4) is 0 Å². The summed E-state index contributed by atoms with van der Waals surface area (Å²) < 4.78 is 5.37. The minimum Gasteiger partial charge on any atom is -0.442 e. The van der Waals surface area contributed by atoms with Gasteiger partial charge in [0.05, 0.1) is 17.3 Å². The van der Waals surface area contributed by atoms with Gasteiger partial charge in [-0.05, 0) is 45.4 Å². The van der Waals surface area contributed by atoms with E-state index in [1.807, 2.05) is 27.7 Å². The van der Waals surface area contributed by atoms with Gasteiger partial charge in [-0.15, -0.1) is 0 Å². The first-order valence-corrected chi connectivity index (χ1v) is 6.64. The van der Waals surface area contributed by atoms with Gasteiger partial charge in [0.25, 0.3) is 0 Å². The molecule has 0 bridgehead atoms. The summed E-state index contributed by atoms with van der Waals surface area (Å²) in [5.74, 6) is 0. The molecule has 1 N–H and O–H groups in total. The molecule has 1 rings (SSSR count). The van der Waals surface area contributed by atoms with Gasteiger partial charge in [0, 0.05) is 6.54 Å².